The molecule has 0 radical (unpaired) electrons. The standard InChI is InChI=1S/C22H28F3N4O8P/c1-5-34-20(31)19(38(32,36-6-2)37-7-3)29-18(30)13-35-15-9-8-14(12-16(15)33-4)27-21-26-11-10-17(28-21)22(23,24)25/h8-12,19H,5-7,13H2,1-4H3,(H,29,30)(H,26,27,28). The van der Waals surface area contributed by atoms with E-state index >= 15 is 0 Å². The highest BCUT2D eigenvalue weighted by molar-refractivity contribution is 7.55. The molecule has 0 aliphatic rings. The molecule has 16 heteroatoms. The summed E-state index contributed by atoms with van der Waals surface area (Å²) in [7, 11) is -2.80. The van der Waals surface area contributed by atoms with Crippen LogP contribution in [0.15, 0.2) is 30.5 Å². The van der Waals surface area contributed by atoms with Crippen molar-refractivity contribution in [3.05, 3.63) is 36.2 Å². The second-order valence-electron chi connectivity index (χ2n) is 7.14. The molecule has 0 aliphatic carbocycles. The summed E-state index contributed by atoms with van der Waals surface area (Å²) in [6.07, 6.45) is -3.67. The maximum absolute atomic E-state index is 13.1. The highest BCUT2D eigenvalue weighted by Crippen LogP contribution is 2.52. The molecule has 38 heavy (non-hydrogen) atoms. The Morgan fingerprint density at radius 1 is 1.05 bits per heavy atom. The molecule has 2 rings (SSSR count). The summed E-state index contributed by atoms with van der Waals surface area (Å²) < 4.78 is 77.7. The van der Waals surface area contributed by atoms with Crippen molar-refractivity contribution in [3.63, 3.8) is 0 Å². The summed E-state index contributed by atoms with van der Waals surface area (Å²) >= 11 is 0. The van der Waals surface area contributed by atoms with Crippen molar-refractivity contribution >= 4 is 31.1 Å². The van der Waals surface area contributed by atoms with Crippen molar-refractivity contribution in [3.8, 4) is 11.5 Å². The number of carbonyl (C=O) groups is 2. The number of rotatable bonds is 14. The van der Waals surface area contributed by atoms with Crippen molar-refractivity contribution in [2.24, 2.45) is 0 Å². The second-order valence-corrected chi connectivity index (χ2v) is 9.25. The van der Waals surface area contributed by atoms with Crippen LogP contribution in [0.2, 0.25) is 0 Å². The largest absolute Gasteiger partial charge is 0.493 e. The van der Waals surface area contributed by atoms with Crippen molar-refractivity contribution < 1.29 is 50.6 Å². The molecule has 1 aromatic carbocycles. The van der Waals surface area contributed by atoms with Gasteiger partial charge in [0.2, 0.25) is 11.7 Å². The van der Waals surface area contributed by atoms with E-state index in [0.29, 0.717) is 0 Å². The number of aromatic nitrogens is 2. The number of esters is 1. The van der Waals surface area contributed by atoms with Crippen molar-refractivity contribution in [1.29, 1.82) is 0 Å². The van der Waals surface area contributed by atoms with E-state index in [4.69, 9.17) is 23.3 Å². The van der Waals surface area contributed by atoms with E-state index in [1.807, 2.05) is 0 Å². The Balaban J connectivity index is 2.13. The molecule has 0 aliphatic heterocycles. The molecule has 1 heterocycles. The van der Waals surface area contributed by atoms with Gasteiger partial charge in [-0.2, -0.15) is 13.2 Å². The summed E-state index contributed by atoms with van der Waals surface area (Å²) in [5, 5.41) is 4.89. The Morgan fingerprint density at radius 3 is 2.32 bits per heavy atom. The van der Waals surface area contributed by atoms with E-state index in [9.17, 15) is 27.3 Å². The molecular formula is C22H28F3N4O8P. The zero-order valence-corrected chi connectivity index (χ0v) is 21.9. The Kier molecular flexibility index (Phi) is 11.3. The minimum absolute atomic E-state index is 0.0386. The van der Waals surface area contributed by atoms with Crippen LogP contribution in [0.1, 0.15) is 26.5 Å². The lowest BCUT2D eigenvalue weighted by molar-refractivity contribution is -0.145. The molecule has 0 fully saturated rings. The van der Waals surface area contributed by atoms with Crippen molar-refractivity contribution in [1.82, 2.24) is 15.3 Å². The number of benzene rings is 1. The Morgan fingerprint density at radius 2 is 1.74 bits per heavy atom. The molecule has 1 atom stereocenters. The number of nitrogens with zero attached hydrogens (tertiary/aromatic N) is 2. The fourth-order valence-corrected chi connectivity index (χ4v) is 4.67. The number of carbonyl (C=O) groups excluding carboxylic acids is 2. The zero-order chi connectivity index (χ0) is 28.3. The molecule has 0 bridgehead atoms. The summed E-state index contributed by atoms with van der Waals surface area (Å²) in [6, 6.07) is 4.94. The Labute approximate surface area is 216 Å². The molecule has 1 aromatic heterocycles. The average Bonchev–Trinajstić information content (AvgIpc) is 2.86. The number of halogens is 3. The normalized spacial score (nSPS) is 12.4. The smallest absolute Gasteiger partial charge is 0.433 e. The third-order valence-electron chi connectivity index (χ3n) is 4.47. The third-order valence-corrected chi connectivity index (χ3v) is 6.67. The minimum Gasteiger partial charge on any atom is -0.493 e. The van der Waals surface area contributed by atoms with Crippen LogP contribution in [-0.4, -0.2) is 61.2 Å². The van der Waals surface area contributed by atoms with Crippen LogP contribution in [0.4, 0.5) is 24.8 Å². The van der Waals surface area contributed by atoms with Crippen LogP contribution in [-0.2, 0) is 34.1 Å². The van der Waals surface area contributed by atoms with E-state index in [1.165, 1.54) is 32.2 Å². The summed E-state index contributed by atoms with van der Waals surface area (Å²) in [5.74, 6) is -3.66. The molecule has 0 spiro atoms. The molecule has 2 N–H and O–H groups in total. The maximum atomic E-state index is 13.1. The molecule has 2 aromatic rings. The summed E-state index contributed by atoms with van der Waals surface area (Å²) in [4.78, 5) is 32.2. The Bertz CT molecular complexity index is 1140. The van der Waals surface area contributed by atoms with Crippen LogP contribution in [0.5, 0.6) is 11.5 Å². The highest BCUT2D eigenvalue weighted by atomic mass is 31.2. The molecular weight excluding hydrogens is 536 g/mol. The van der Waals surface area contributed by atoms with Gasteiger partial charge in [-0.15, -0.1) is 0 Å². The monoisotopic (exact) mass is 564 g/mol. The van der Waals surface area contributed by atoms with Crippen molar-refractivity contribution in [2.45, 2.75) is 32.7 Å². The number of nitrogens with one attached hydrogen (secondary N) is 2. The number of amides is 1. The lowest BCUT2D eigenvalue weighted by Gasteiger charge is -2.25. The summed E-state index contributed by atoms with van der Waals surface area (Å²) in [6.45, 7) is 3.85. The predicted molar refractivity (Wildman–Crippen MR) is 128 cm³/mol. The van der Waals surface area contributed by atoms with Gasteiger partial charge in [0.1, 0.15) is 5.69 Å². The van der Waals surface area contributed by atoms with Gasteiger partial charge in [0, 0.05) is 18.0 Å². The molecule has 0 saturated carbocycles. The maximum Gasteiger partial charge on any atom is 0.433 e. The van der Waals surface area contributed by atoms with Gasteiger partial charge in [-0.05, 0) is 39.0 Å². The lowest BCUT2D eigenvalue weighted by Crippen LogP contribution is -2.44. The molecule has 1 amide bonds. The molecule has 12 nitrogen and oxygen atoms in total. The summed E-state index contributed by atoms with van der Waals surface area (Å²) in [5.41, 5.74) is -0.845. The van der Waals surface area contributed by atoms with Crippen LogP contribution >= 0.6 is 7.60 Å². The SMILES string of the molecule is CCOC(=O)C(NC(=O)COc1ccc(Nc2nccc(C(F)(F)F)n2)cc1OC)P(=O)(OCC)OCC. The highest BCUT2D eigenvalue weighted by Gasteiger charge is 2.43. The van der Waals surface area contributed by atoms with E-state index in [0.717, 1.165) is 12.3 Å². The van der Waals surface area contributed by atoms with Gasteiger partial charge in [-0.1, -0.05) is 0 Å². The van der Waals surface area contributed by atoms with Crippen molar-refractivity contribution in [2.75, 3.05) is 38.9 Å². The van der Waals surface area contributed by atoms with Gasteiger partial charge in [-0.25, -0.2) is 14.8 Å². The molecule has 210 valence electrons. The first-order valence-electron chi connectivity index (χ1n) is 11.3. The molecule has 1 unspecified atom stereocenters. The zero-order valence-electron chi connectivity index (χ0n) is 21.0. The third kappa shape index (κ3) is 8.57. The first kappa shape index (κ1) is 30.8. The number of hydrogen-bond acceptors (Lipinski definition) is 11. The molecule has 0 saturated heterocycles. The lowest BCUT2D eigenvalue weighted by atomic mass is 10.2. The van der Waals surface area contributed by atoms with E-state index in [2.05, 4.69) is 20.6 Å². The first-order valence-corrected chi connectivity index (χ1v) is 12.9. The van der Waals surface area contributed by atoms with Crippen LogP contribution in [0, 0.1) is 0 Å². The van der Waals surface area contributed by atoms with E-state index in [1.54, 1.807) is 13.8 Å². The quantitative estimate of drug-likeness (QED) is 0.254. The number of alkyl halides is 3. The van der Waals surface area contributed by atoms with E-state index < -0.39 is 43.7 Å². The predicted octanol–water partition coefficient (Wildman–Crippen LogP) is 3.90. The van der Waals surface area contributed by atoms with Gasteiger partial charge >= 0.3 is 19.7 Å². The van der Waals surface area contributed by atoms with E-state index in [-0.39, 0.29) is 43.0 Å². The van der Waals surface area contributed by atoms with Gasteiger partial charge < -0.3 is 33.9 Å². The fraction of sp³-hybridized carbons (Fsp3) is 0.455. The van der Waals surface area contributed by atoms with Gasteiger partial charge in [0.15, 0.2) is 18.1 Å². The Hall–Kier alpha value is -3.42. The number of methoxy groups -OCH3 is 1. The second kappa shape index (κ2) is 13.9. The topological polar surface area (TPSA) is 147 Å². The average molecular weight is 564 g/mol. The fourth-order valence-electron chi connectivity index (χ4n) is 2.94. The van der Waals surface area contributed by atoms with Crippen LogP contribution in [0.3, 0.4) is 0 Å². The minimum atomic E-state index is -4.64. The van der Waals surface area contributed by atoms with Gasteiger partial charge in [-0.3, -0.25) is 9.36 Å². The van der Waals surface area contributed by atoms with Gasteiger partial charge in [0.05, 0.1) is 26.9 Å². The van der Waals surface area contributed by atoms with Crippen LogP contribution < -0.4 is 20.1 Å². The van der Waals surface area contributed by atoms with Gasteiger partial charge in [0.25, 0.3) is 5.91 Å². The number of ether oxygens (including phenoxy) is 3. The number of hydrogen-bond donors (Lipinski definition) is 2. The van der Waals surface area contributed by atoms with Crippen LogP contribution in [0.25, 0.3) is 0 Å². The first-order chi connectivity index (χ1) is 18.0. The number of anilines is 2.